The van der Waals surface area contributed by atoms with E-state index >= 15 is 0 Å². The first-order valence-corrected chi connectivity index (χ1v) is 3.46. The number of nitrogens with zero attached hydrogens (tertiary/aromatic N) is 2. The van der Waals surface area contributed by atoms with Gasteiger partial charge < -0.3 is 10.5 Å². The van der Waals surface area contributed by atoms with Crippen molar-refractivity contribution < 1.29 is 4.74 Å². The fraction of sp³-hybridized carbons (Fsp3) is 0.250. The first-order chi connectivity index (χ1) is 5.83. The summed E-state index contributed by atoms with van der Waals surface area (Å²) < 4.78 is 5.15. The largest absolute Gasteiger partial charge is 0.477 e. The van der Waals surface area contributed by atoms with Crippen molar-refractivity contribution in [3.63, 3.8) is 0 Å². The van der Waals surface area contributed by atoms with Crippen molar-refractivity contribution in [1.82, 2.24) is 9.97 Å². The molecule has 4 nitrogen and oxygen atoms in total. The van der Waals surface area contributed by atoms with Crippen molar-refractivity contribution in [2.75, 3.05) is 12.3 Å². The normalized spacial score (nSPS) is 8.92. The van der Waals surface area contributed by atoms with Crippen LogP contribution in [0.4, 0.5) is 5.82 Å². The van der Waals surface area contributed by atoms with Crippen LogP contribution in [0.1, 0.15) is 6.42 Å². The molecule has 0 saturated heterocycles. The Hall–Kier alpha value is -1.76. The SMILES string of the molecule is C#CCCOc1cc(N)ncn1. The van der Waals surface area contributed by atoms with Crippen molar-refractivity contribution in [3.8, 4) is 18.2 Å². The molecular weight excluding hydrogens is 154 g/mol. The Bertz CT molecular complexity index is 293. The Balaban J connectivity index is 2.48. The highest BCUT2D eigenvalue weighted by Gasteiger charge is 1.94. The summed E-state index contributed by atoms with van der Waals surface area (Å²) in [7, 11) is 0. The van der Waals surface area contributed by atoms with E-state index in [4.69, 9.17) is 16.9 Å². The van der Waals surface area contributed by atoms with Gasteiger partial charge in [-0.3, -0.25) is 0 Å². The molecule has 0 unspecified atom stereocenters. The molecule has 0 amide bonds. The summed E-state index contributed by atoms with van der Waals surface area (Å²) in [4.78, 5) is 7.54. The number of hydrogen-bond donors (Lipinski definition) is 1. The predicted molar refractivity (Wildman–Crippen MR) is 45.4 cm³/mol. The lowest BCUT2D eigenvalue weighted by atomic mass is 10.5. The maximum Gasteiger partial charge on any atom is 0.218 e. The zero-order valence-electron chi connectivity index (χ0n) is 6.53. The summed E-state index contributed by atoms with van der Waals surface area (Å²) in [5.41, 5.74) is 5.39. The van der Waals surface area contributed by atoms with E-state index < -0.39 is 0 Å². The minimum absolute atomic E-state index is 0.390. The number of anilines is 1. The molecule has 12 heavy (non-hydrogen) atoms. The van der Waals surface area contributed by atoms with Crippen LogP contribution in [-0.2, 0) is 0 Å². The Kier molecular flexibility index (Phi) is 2.91. The van der Waals surface area contributed by atoms with Crippen molar-refractivity contribution in [2.24, 2.45) is 0 Å². The summed E-state index contributed by atoms with van der Waals surface area (Å²) in [5, 5.41) is 0. The number of nitrogens with two attached hydrogens (primary N) is 1. The number of ether oxygens (including phenoxy) is 1. The molecule has 1 heterocycles. The molecule has 0 aromatic carbocycles. The molecule has 0 bridgehead atoms. The monoisotopic (exact) mass is 163 g/mol. The van der Waals surface area contributed by atoms with Gasteiger partial charge in [-0.25, -0.2) is 9.97 Å². The van der Waals surface area contributed by atoms with Gasteiger partial charge in [-0.1, -0.05) is 0 Å². The van der Waals surface area contributed by atoms with Gasteiger partial charge in [0.25, 0.3) is 0 Å². The Morgan fingerprint density at radius 2 is 2.42 bits per heavy atom. The highest BCUT2D eigenvalue weighted by Crippen LogP contribution is 2.07. The number of terminal acetylenes is 1. The van der Waals surface area contributed by atoms with Gasteiger partial charge in [-0.15, -0.1) is 12.3 Å². The smallest absolute Gasteiger partial charge is 0.218 e. The molecule has 2 N–H and O–H groups in total. The van der Waals surface area contributed by atoms with Crippen molar-refractivity contribution in [2.45, 2.75) is 6.42 Å². The lowest BCUT2D eigenvalue weighted by molar-refractivity contribution is 0.314. The molecule has 0 aliphatic carbocycles. The average Bonchev–Trinajstić information content (AvgIpc) is 2.05. The van der Waals surface area contributed by atoms with Gasteiger partial charge in [0.2, 0.25) is 5.88 Å². The number of aromatic nitrogens is 2. The van der Waals surface area contributed by atoms with Gasteiger partial charge in [-0.05, 0) is 0 Å². The average molecular weight is 163 g/mol. The maximum absolute atomic E-state index is 5.39. The van der Waals surface area contributed by atoms with Crippen LogP contribution < -0.4 is 10.5 Å². The highest BCUT2D eigenvalue weighted by molar-refractivity contribution is 5.30. The first kappa shape index (κ1) is 8.34. The van der Waals surface area contributed by atoms with E-state index in [0.29, 0.717) is 24.7 Å². The van der Waals surface area contributed by atoms with E-state index in [-0.39, 0.29) is 0 Å². The lowest BCUT2D eigenvalue weighted by Crippen LogP contribution is -1.99. The summed E-state index contributed by atoms with van der Waals surface area (Å²) in [5.74, 6) is 3.30. The van der Waals surface area contributed by atoms with Gasteiger partial charge in [-0.2, -0.15) is 0 Å². The van der Waals surface area contributed by atoms with Crippen LogP contribution in [0.25, 0.3) is 0 Å². The summed E-state index contributed by atoms with van der Waals surface area (Å²) >= 11 is 0. The fourth-order valence-corrected chi connectivity index (χ4v) is 0.647. The maximum atomic E-state index is 5.39. The van der Waals surface area contributed by atoms with Crippen LogP contribution >= 0.6 is 0 Å². The molecule has 4 heteroatoms. The van der Waals surface area contributed by atoms with Crippen LogP contribution in [0.15, 0.2) is 12.4 Å². The number of rotatable bonds is 3. The molecule has 0 radical (unpaired) electrons. The van der Waals surface area contributed by atoms with Gasteiger partial charge in [0.05, 0.1) is 0 Å². The Morgan fingerprint density at radius 1 is 1.58 bits per heavy atom. The van der Waals surface area contributed by atoms with Gasteiger partial charge in [0.1, 0.15) is 18.8 Å². The molecule has 0 aliphatic heterocycles. The fourth-order valence-electron chi connectivity index (χ4n) is 0.647. The van der Waals surface area contributed by atoms with Crippen molar-refractivity contribution >= 4 is 5.82 Å². The standard InChI is InChI=1S/C8H9N3O/c1-2-3-4-12-8-5-7(9)10-6-11-8/h1,5-6H,3-4H2,(H2,9,10,11). The first-order valence-electron chi connectivity index (χ1n) is 3.46. The lowest BCUT2D eigenvalue weighted by Gasteiger charge is -2.01. The topological polar surface area (TPSA) is 61.0 Å². The van der Waals surface area contributed by atoms with Crippen LogP contribution in [-0.4, -0.2) is 16.6 Å². The second-order valence-electron chi connectivity index (χ2n) is 2.08. The summed E-state index contributed by atoms with van der Waals surface area (Å²) in [6.45, 7) is 0.451. The molecule has 0 aliphatic rings. The third-order valence-electron chi connectivity index (χ3n) is 1.16. The molecule has 1 aromatic heterocycles. The van der Waals surface area contributed by atoms with Gasteiger partial charge >= 0.3 is 0 Å². The van der Waals surface area contributed by atoms with E-state index in [2.05, 4.69) is 15.9 Å². The van der Waals surface area contributed by atoms with Crippen molar-refractivity contribution in [1.29, 1.82) is 0 Å². The van der Waals surface area contributed by atoms with E-state index in [1.165, 1.54) is 6.33 Å². The molecule has 62 valence electrons. The predicted octanol–water partition coefficient (Wildman–Crippen LogP) is 0.461. The Morgan fingerprint density at radius 3 is 3.08 bits per heavy atom. The van der Waals surface area contributed by atoms with Crippen LogP contribution in [0, 0.1) is 12.3 Å². The van der Waals surface area contributed by atoms with Crippen LogP contribution in [0.3, 0.4) is 0 Å². The highest BCUT2D eigenvalue weighted by atomic mass is 16.5. The summed E-state index contributed by atoms with van der Waals surface area (Å²) in [6.07, 6.45) is 6.94. The minimum Gasteiger partial charge on any atom is -0.477 e. The zero-order valence-corrected chi connectivity index (χ0v) is 6.53. The summed E-state index contributed by atoms with van der Waals surface area (Å²) in [6, 6.07) is 1.55. The molecule has 0 saturated carbocycles. The van der Waals surface area contributed by atoms with Gasteiger partial charge in [0.15, 0.2) is 0 Å². The molecule has 1 aromatic rings. The molecule has 0 fully saturated rings. The number of hydrogen-bond acceptors (Lipinski definition) is 4. The molecule has 1 rings (SSSR count). The van der Waals surface area contributed by atoms with Gasteiger partial charge in [0, 0.05) is 12.5 Å². The minimum atomic E-state index is 0.390. The van der Waals surface area contributed by atoms with Crippen LogP contribution in [0.5, 0.6) is 5.88 Å². The van der Waals surface area contributed by atoms with E-state index in [0.717, 1.165) is 0 Å². The second kappa shape index (κ2) is 4.19. The van der Waals surface area contributed by atoms with E-state index in [1.54, 1.807) is 6.07 Å². The van der Waals surface area contributed by atoms with E-state index in [9.17, 15) is 0 Å². The quantitative estimate of drug-likeness (QED) is 0.519. The third-order valence-corrected chi connectivity index (χ3v) is 1.16. The molecule has 0 atom stereocenters. The number of nitrogen functional groups attached to an aromatic ring is 1. The van der Waals surface area contributed by atoms with Crippen LogP contribution in [0.2, 0.25) is 0 Å². The van der Waals surface area contributed by atoms with E-state index in [1.807, 2.05) is 0 Å². The molecule has 0 spiro atoms. The molecular formula is C8H9N3O. The zero-order chi connectivity index (χ0) is 8.81. The third kappa shape index (κ3) is 2.46. The second-order valence-corrected chi connectivity index (χ2v) is 2.08. The van der Waals surface area contributed by atoms with Crippen molar-refractivity contribution in [3.05, 3.63) is 12.4 Å². The Labute approximate surface area is 70.8 Å².